The molecule has 1 amide bonds. The first-order chi connectivity index (χ1) is 14.5. The number of benzene rings is 2. The maximum absolute atomic E-state index is 12.7. The Morgan fingerprint density at radius 3 is 2.70 bits per heavy atom. The largest absolute Gasteiger partial charge is 0.493 e. The summed E-state index contributed by atoms with van der Waals surface area (Å²) in [6.45, 7) is 0.0711. The minimum Gasteiger partial charge on any atom is -0.493 e. The summed E-state index contributed by atoms with van der Waals surface area (Å²) in [7, 11) is 1.38. The molecular weight excluding hydrogens is 396 g/mol. The van der Waals surface area contributed by atoms with Gasteiger partial charge in [0.15, 0.2) is 17.3 Å². The predicted molar refractivity (Wildman–Crippen MR) is 107 cm³/mol. The number of para-hydroxylation sites is 1. The molecule has 0 aliphatic rings. The van der Waals surface area contributed by atoms with Crippen LogP contribution in [0.5, 0.6) is 11.5 Å². The molecule has 0 aliphatic carbocycles. The van der Waals surface area contributed by atoms with Crippen LogP contribution in [0, 0.1) is 0 Å². The Labute approximate surface area is 172 Å². The van der Waals surface area contributed by atoms with Gasteiger partial charge in [-0.1, -0.05) is 24.3 Å². The molecule has 0 atom stereocenters. The normalized spacial score (nSPS) is 11.1. The van der Waals surface area contributed by atoms with Crippen LogP contribution in [0.3, 0.4) is 0 Å². The van der Waals surface area contributed by atoms with E-state index in [1.54, 1.807) is 18.2 Å². The lowest BCUT2D eigenvalue weighted by Crippen LogP contribution is -2.26. The molecule has 2 aromatic carbocycles. The summed E-state index contributed by atoms with van der Waals surface area (Å²) in [6.07, 6.45) is 0.470. The minimum atomic E-state index is -2.93. The van der Waals surface area contributed by atoms with Gasteiger partial charge in [0.25, 0.3) is 5.91 Å². The van der Waals surface area contributed by atoms with Crippen LogP contribution in [0.2, 0.25) is 0 Å². The number of carbonyl (C=O) groups excluding carboxylic acids is 1. The lowest BCUT2D eigenvalue weighted by Gasteiger charge is -2.11. The number of hydrogen-bond acceptors (Lipinski definition) is 5. The van der Waals surface area contributed by atoms with Crippen molar-refractivity contribution in [2.24, 2.45) is 0 Å². The van der Waals surface area contributed by atoms with E-state index in [1.165, 1.54) is 13.2 Å². The van der Waals surface area contributed by atoms with Crippen molar-refractivity contribution in [1.82, 2.24) is 5.32 Å². The van der Waals surface area contributed by atoms with E-state index in [9.17, 15) is 13.6 Å². The molecule has 1 heterocycles. The van der Waals surface area contributed by atoms with E-state index in [2.05, 4.69) is 10.1 Å². The molecule has 8 heteroatoms. The molecule has 0 saturated carbocycles. The molecule has 30 heavy (non-hydrogen) atoms. The van der Waals surface area contributed by atoms with E-state index < -0.39 is 6.61 Å². The fourth-order valence-corrected chi connectivity index (χ4v) is 3.09. The van der Waals surface area contributed by atoms with Gasteiger partial charge in [-0.2, -0.15) is 8.78 Å². The second kappa shape index (κ2) is 10.1. The number of furan rings is 1. The predicted octanol–water partition coefficient (Wildman–Crippen LogP) is 4.55. The number of nitrogens with one attached hydrogen (secondary N) is 1. The average Bonchev–Trinajstić information content (AvgIpc) is 3.11. The topological polar surface area (TPSA) is 69.9 Å². The number of amides is 1. The van der Waals surface area contributed by atoms with Crippen LogP contribution in [-0.4, -0.2) is 32.8 Å². The Hall–Kier alpha value is -3.13. The molecule has 0 spiro atoms. The zero-order valence-electron chi connectivity index (χ0n) is 16.7. The highest BCUT2D eigenvalue weighted by molar-refractivity contribution is 5.99. The third kappa shape index (κ3) is 5.07. The molecule has 0 aliphatic heterocycles. The molecule has 0 radical (unpaired) electrons. The van der Waals surface area contributed by atoms with Crippen molar-refractivity contribution in [2.75, 3.05) is 20.3 Å². The van der Waals surface area contributed by atoms with E-state index in [0.717, 1.165) is 10.9 Å². The van der Waals surface area contributed by atoms with Gasteiger partial charge in [0.1, 0.15) is 5.58 Å². The second-order valence-electron chi connectivity index (χ2n) is 6.41. The molecule has 160 valence electrons. The van der Waals surface area contributed by atoms with Crippen LogP contribution >= 0.6 is 0 Å². The fraction of sp³-hybridized carbons (Fsp3) is 0.318. The zero-order chi connectivity index (χ0) is 21.5. The highest BCUT2D eigenvalue weighted by atomic mass is 19.3. The van der Waals surface area contributed by atoms with Crippen molar-refractivity contribution in [1.29, 1.82) is 0 Å². The summed E-state index contributed by atoms with van der Waals surface area (Å²) >= 11 is 0. The molecule has 0 bridgehead atoms. The van der Waals surface area contributed by atoms with Gasteiger partial charge in [-0.25, -0.2) is 0 Å². The summed E-state index contributed by atoms with van der Waals surface area (Å²) in [5.41, 5.74) is 2.13. The quantitative estimate of drug-likeness (QED) is 0.522. The number of carbonyl (C=O) groups is 1. The molecule has 1 aromatic heterocycles. The van der Waals surface area contributed by atoms with Crippen molar-refractivity contribution < 1.29 is 32.2 Å². The fourth-order valence-electron chi connectivity index (χ4n) is 3.09. The summed E-state index contributed by atoms with van der Waals surface area (Å²) in [5, 5.41) is 3.67. The summed E-state index contributed by atoms with van der Waals surface area (Å²) in [6, 6.07) is 12.1. The molecule has 0 unspecified atom stereocenters. The zero-order valence-corrected chi connectivity index (χ0v) is 16.7. The molecular formula is C22H23F2NO5. The van der Waals surface area contributed by atoms with Crippen LogP contribution in [0.25, 0.3) is 11.0 Å². The number of alkyl halides is 2. The van der Waals surface area contributed by atoms with Gasteiger partial charge in [-0.05, 0) is 37.1 Å². The monoisotopic (exact) mass is 419 g/mol. The maximum atomic E-state index is 12.7. The van der Waals surface area contributed by atoms with Crippen molar-refractivity contribution in [2.45, 2.75) is 26.6 Å². The molecule has 0 saturated heterocycles. The highest BCUT2D eigenvalue weighted by Crippen LogP contribution is 2.30. The Morgan fingerprint density at radius 2 is 1.97 bits per heavy atom. The highest BCUT2D eigenvalue weighted by Gasteiger charge is 2.20. The van der Waals surface area contributed by atoms with Crippen molar-refractivity contribution in [3.63, 3.8) is 0 Å². The van der Waals surface area contributed by atoms with Crippen molar-refractivity contribution in [3.8, 4) is 11.5 Å². The summed E-state index contributed by atoms with van der Waals surface area (Å²) < 4.78 is 45.6. The van der Waals surface area contributed by atoms with Gasteiger partial charge in [0, 0.05) is 24.1 Å². The van der Waals surface area contributed by atoms with E-state index >= 15 is 0 Å². The number of hydrogen-bond donors (Lipinski definition) is 1. The lowest BCUT2D eigenvalue weighted by atomic mass is 10.1. The van der Waals surface area contributed by atoms with E-state index in [1.807, 2.05) is 25.1 Å². The minimum absolute atomic E-state index is 0.0388. The molecule has 6 nitrogen and oxygen atoms in total. The second-order valence-corrected chi connectivity index (χ2v) is 6.41. The first-order valence-corrected chi connectivity index (χ1v) is 9.51. The Balaban J connectivity index is 1.67. The number of rotatable bonds is 10. The number of halogens is 2. The van der Waals surface area contributed by atoms with Gasteiger partial charge < -0.3 is 23.9 Å². The standard InChI is InChI=1S/C22H23F2NO5/c1-3-28-13-16-15-6-4-5-7-17(15)29-20(16)21(26)25-11-10-14-8-9-18(30-22(23)24)19(12-14)27-2/h4-9,12,22H,3,10-11,13H2,1-2H3,(H,25,26). The molecule has 3 aromatic rings. The number of fused-ring (bicyclic) bond motifs is 1. The first-order valence-electron chi connectivity index (χ1n) is 9.51. The van der Waals surface area contributed by atoms with Crippen LogP contribution in [0.1, 0.15) is 28.6 Å². The number of methoxy groups -OCH3 is 1. The van der Waals surface area contributed by atoms with Crippen molar-refractivity contribution in [3.05, 3.63) is 59.4 Å². The van der Waals surface area contributed by atoms with Gasteiger partial charge in [0.2, 0.25) is 0 Å². The average molecular weight is 419 g/mol. The SMILES string of the molecule is CCOCc1c(C(=O)NCCc2ccc(OC(F)F)c(OC)c2)oc2ccccc12. The smallest absolute Gasteiger partial charge is 0.387 e. The van der Waals surface area contributed by atoms with Gasteiger partial charge in [0.05, 0.1) is 13.7 Å². The molecule has 0 fully saturated rings. The Morgan fingerprint density at radius 1 is 1.17 bits per heavy atom. The molecule has 3 rings (SSSR count). The maximum Gasteiger partial charge on any atom is 0.387 e. The van der Waals surface area contributed by atoms with E-state index in [4.69, 9.17) is 13.9 Å². The third-order valence-electron chi connectivity index (χ3n) is 4.50. The van der Waals surface area contributed by atoms with E-state index in [-0.39, 0.29) is 29.8 Å². The lowest BCUT2D eigenvalue weighted by molar-refractivity contribution is -0.0512. The van der Waals surface area contributed by atoms with Gasteiger partial charge >= 0.3 is 6.61 Å². The van der Waals surface area contributed by atoms with Crippen LogP contribution in [0.15, 0.2) is 46.9 Å². The van der Waals surface area contributed by atoms with Gasteiger partial charge in [-0.15, -0.1) is 0 Å². The van der Waals surface area contributed by atoms with Crippen LogP contribution < -0.4 is 14.8 Å². The summed E-state index contributed by atoms with van der Waals surface area (Å²) in [5.74, 6) is 0.0481. The van der Waals surface area contributed by atoms with Crippen LogP contribution in [0.4, 0.5) is 8.78 Å². The van der Waals surface area contributed by atoms with Crippen LogP contribution in [-0.2, 0) is 17.8 Å². The number of ether oxygens (including phenoxy) is 3. The Bertz CT molecular complexity index is 1000. The first kappa shape index (κ1) is 21.6. The Kier molecular flexibility index (Phi) is 7.24. The van der Waals surface area contributed by atoms with Gasteiger partial charge in [-0.3, -0.25) is 4.79 Å². The van der Waals surface area contributed by atoms with Crippen molar-refractivity contribution >= 4 is 16.9 Å². The third-order valence-corrected chi connectivity index (χ3v) is 4.50. The molecule has 1 N–H and O–H groups in total. The summed E-state index contributed by atoms with van der Waals surface area (Å²) in [4.78, 5) is 12.7. The van der Waals surface area contributed by atoms with E-state index in [0.29, 0.717) is 30.7 Å².